The van der Waals surface area contributed by atoms with Gasteiger partial charge in [-0.1, -0.05) is 38.5 Å². The van der Waals surface area contributed by atoms with Crippen molar-refractivity contribution in [3.05, 3.63) is 24.3 Å². The normalized spacial score (nSPS) is 11.2. The zero-order valence-electron chi connectivity index (χ0n) is 7.55. The lowest BCUT2D eigenvalue weighted by Gasteiger charge is -1.96. The number of aliphatic carboxylic acids is 1. The maximum absolute atomic E-state index is 10.3. The summed E-state index contributed by atoms with van der Waals surface area (Å²) in [5.74, 6) is -0.794. The predicted molar refractivity (Wildman–Crippen MR) is 50.1 cm³/mol. The second-order valence-corrected chi connectivity index (χ2v) is 2.70. The minimum atomic E-state index is -0.794. The summed E-state index contributed by atoms with van der Waals surface area (Å²) < 4.78 is 0. The first-order valence-corrected chi connectivity index (χ1v) is 4.24. The maximum Gasteiger partial charge on any atom is 0.307 e. The summed E-state index contributed by atoms with van der Waals surface area (Å²) >= 11 is 0. The lowest BCUT2D eigenvalue weighted by atomic mass is 10.1. The van der Waals surface area contributed by atoms with Crippen LogP contribution in [-0.4, -0.2) is 11.1 Å². The largest absolute Gasteiger partial charge is 0.481 e. The Kier molecular flexibility index (Phi) is 6.07. The van der Waals surface area contributed by atoms with E-state index in [1.54, 1.807) is 6.08 Å². The molecule has 0 rings (SSSR count). The van der Waals surface area contributed by atoms with Gasteiger partial charge in [0.1, 0.15) is 0 Å². The second kappa shape index (κ2) is 6.65. The molecule has 1 N–H and O–H groups in total. The standard InChI is InChI=1S/C10H16O2/c1-3-5-6-7-9(4-2)8-10(11)12/h4,7H,2-3,5-6,8H2,1H3,(H,11,12)/b9-7-. The lowest BCUT2D eigenvalue weighted by Crippen LogP contribution is -1.95. The van der Waals surface area contributed by atoms with Gasteiger partial charge in [0.15, 0.2) is 0 Å². The fourth-order valence-electron chi connectivity index (χ4n) is 0.894. The molecule has 2 heteroatoms. The highest BCUT2D eigenvalue weighted by atomic mass is 16.4. The van der Waals surface area contributed by atoms with Gasteiger partial charge in [0, 0.05) is 0 Å². The van der Waals surface area contributed by atoms with E-state index in [9.17, 15) is 4.79 Å². The number of carboxylic acids is 1. The first-order chi connectivity index (χ1) is 5.70. The van der Waals surface area contributed by atoms with Crippen LogP contribution in [0.4, 0.5) is 0 Å². The highest BCUT2D eigenvalue weighted by Crippen LogP contribution is 2.06. The highest BCUT2D eigenvalue weighted by Gasteiger charge is 1.98. The van der Waals surface area contributed by atoms with E-state index in [1.165, 1.54) is 0 Å². The van der Waals surface area contributed by atoms with Crippen molar-refractivity contribution < 1.29 is 9.90 Å². The zero-order valence-corrected chi connectivity index (χ0v) is 7.55. The second-order valence-electron chi connectivity index (χ2n) is 2.70. The maximum atomic E-state index is 10.3. The number of carboxylic acid groups (broad SMARTS) is 1. The van der Waals surface area contributed by atoms with Crippen LogP contribution >= 0.6 is 0 Å². The Morgan fingerprint density at radius 3 is 2.67 bits per heavy atom. The van der Waals surface area contributed by atoms with E-state index in [2.05, 4.69) is 13.5 Å². The molecule has 0 atom stereocenters. The molecule has 0 aromatic carbocycles. The summed E-state index contributed by atoms with van der Waals surface area (Å²) in [7, 11) is 0. The van der Waals surface area contributed by atoms with Gasteiger partial charge in [-0.05, 0) is 12.0 Å². The van der Waals surface area contributed by atoms with Crippen LogP contribution in [0.2, 0.25) is 0 Å². The molecule has 0 aromatic heterocycles. The average molecular weight is 168 g/mol. The van der Waals surface area contributed by atoms with Crippen molar-refractivity contribution in [2.45, 2.75) is 32.6 Å². The summed E-state index contributed by atoms with van der Waals surface area (Å²) in [6.45, 7) is 5.67. The van der Waals surface area contributed by atoms with Gasteiger partial charge < -0.3 is 5.11 Å². The Bertz CT molecular complexity index is 180. The van der Waals surface area contributed by atoms with Gasteiger partial charge in [-0.3, -0.25) is 4.79 Å². The van der Waals surface area contributed by atoms with Crippen molar-refractivity contribution in [1.29, 1.82) is 0 Å². The Labute approximate surface area is 73.6 Å². The predicted octanol–water partition coefficient (Wildman–Crippen LogP) is 2.76. The first kappa shape index (κ1) is 11.0. The fraction of sp³-hybridized carbons (Fsp3) is 0.500. The Balaban J connectivity index is 3.86. The molecule has 2 nitrogen and oxygen atoms in total. The Morgan fingerprint density at radius 2 is 2.25 bits per heavy atom. The summed E-state index contributed by atoms with van der Waals surface area (Å²) in [6.07, 6.45) is 6.84. The number of hydrogen-bond donors (Lipinski definition) is 1. The molecule has 0 amide bonds. The molecular weight excluding hydrogens is 152 g/mol. The molecule has 0 aliphatic carbocycles. The molecule has 0 fully saturated rings. The zero-order chi connectivity index (χ0) is 9.40. The average Bonchev–Trinajstić information content (AvgIpc) is 2.02. The minimum Gasteiger partial charge on any atom is -0.481 e. The van der Waals surface area contributed by atoms with Crippen LogP contribution in [0.3, 0.4) is 0 Å². The van der Waals surface area contributed by atoms with Crippen LogP contribution in [0.5, 0.6) is 0 Å². The van der Waals surface area contributed by atoms with Crippen molar-refractivity contribution in [2.24, 2.45) is 0 Å². The van der Waals surface area contributed by atoms with E-state index in [1.807, 2.05) is 6.08 Å². The number of hydrogen-bond acceptors (Lipinski definition) is 1. The number of allylic oxidation sites excluding steroid dienone is 2. The molecule has 12 heavy (non-hydrogen) atoms. The van der Waals surface area contributed by atoms with Gasteiger partial charge in [0.05, 0.1) is 6.42 Å². The highest BCUT2D eigenvalue weighted by molar-refractivity contribution is 5.70. The van der Waals surface area contributed by atoms with Crippen LogP contribution in [0.25, 0.3) is 0 Å². The summed E-state index contributed by atoms with van der Waals surface area (Å²) in [6, 6.07) is 0. The van der Waals surface area contributed by atoms with Gasteiger partial charge in [-0.15, -0.1) is 0 Å². The molecule has 0 heterocycles. The van der Waals surface area contributed by atoms with E-state index in [-0.39, 0.29) is 6.42 Å². The summed E-state index contributed by atoms with van der Waals surface area (Å²) in [5.41, 5.74) is 0.816. The van der Waals surface area contributed by atoms with E-state index in [0.29, 0.717) is 0 Å². The molecular formula is C10H16O2. The molecule has 0 spiro atoms. The monoisotopic (exact) mass is 168 g/mol. The van der Waals surface area contributed by atoms with E-state index in [4.69, 9.17) is 5.11 Å². The number of unbranched alkanes of at least 4 members (excludes halogenated alkanes) is 2. The van der Waals surface area contributed by atoms with Gasteiger partial charge in [-0.2, -0.15) is 0 Å². The molecule has 0 aromatic rings. The molecule has 0 saturated carbocycles. The van der Waals surface area contributed by atoms with Gasteiger partial charge in [0.2, 0.25) is 0 Å². The van der Waals surface area contributed by atoms with Gasteiger partial charge >= 0.3 is 5.97 Å². The van der Waals surface area contributed by atoms with Gasteiger partial charge in [0.25, 0.3) is 0 Å². The third-order valence-electron chi connectivity index (χ3n) is 1.58. The number of rotatable bonds is 6. The third kappa shape index (κ3) is 5.71. The molecule has 0 aliphatic heterocycles. The molecule has 0 bridgehead atoms. The molecule has 0 saturated heterocycles. The quantitative estimate of drug-likeness (QED) is 0.489. The van der Waals surface area contributed by atoms with Crippen molar-refractivity contribution in [3.63, 3.8) is 0 Å². The SMILES string of the molecule is C=C/C(=C/CCCC)CC(=O)O. The fourth-order valence-corrected chi connectivity index (χ4v) is 0.894. The first-order valence-electron chi connectivity index (χ1n) is 4.24. The Hall–Kier alpha value is -1.05. The topological polar surface area (TPSA) is 37.3 Å². The van der Waals surface area contributed by atoms with Crippen LogP contribution in [0.15, 0.2) is 24.3 Å². The van der Waals surface area contributed by atoms with E-state index >= 15 is 0 Å². The van der Waals surface area contributed by atoms with Crippen molar-refractivity contribution in [2.75, 3.05) is 0 Å². The molecule has 68 valence electrons. The van der Waals surface area contributed by atoms with E-state index in [0.717, 1.165) is 24.8 Å². The van der Waals surface area contributed by atoms with Gasteiger partial charge in [-0.25, -0.2) is 0 Å². The van der Waals surface area contributed by atoms with Crippen molar-refractivity contribution in [1.82, 2.24) is 0 Å². The van der Waals surface area contributed by atoms with E-state index < -0.39 is 5.97 Å². The Morgan fingerprint density at radius 1 is 1.58 bits per heavy atom. The summed E-state index contributed by atoms with van der Waals surface area (Å²) in [5, 5.41) is 8.48. The lowest BCUT2D eigenvalue weighted by molar-refractivity contribution is -0.136. The molecule has 0 radical (unpaired) electrons. The molecule has 0 unspecified atom stereocenters. The van der Waals surface area contributed by atoms with Crippen LogP contribution in [-0.2, 0) is 4.79 Å². The van der Waals surface area contributed by atoms with Crippen molar-refractivity contribution in [3.8, 4) is 0 Å². The van der Waals surface area contributed by atoms with Crippen molar-refractivity contribution >= 4 is 5.97 Å². The summed E-state index contributed by atoms with van der Waals surface area (Å²) in [4.78, 5) is 10.3. The smallest absolute Gasteiger partial charge is 0.307 e. The van der Waals surface area contributed by atoms with Crippen LogP contribution < -0.4 is 0 Å². The minimum absolute atomic E-state index is 0.0905. The van der Waals surface area contributed by atoms with Crippen LogP contribution in [0, 0.1) is 0 Å². The number of carbonyl (C=O) groups is 1. The molecule has 0 aliphatic rings. The third-order valence-corrected chi connectivity index (χ3v) is 1.58. The van der Waals surface area contributed by atoms with Crippen LogP contribution in [0.1, 0.15) is 32.6 Å².